The lowest BCUT2D eigenvalue weighted by Gasteiger charge is -2.10. The highest BCUT2D eigenvalue weighted by Crippen LogP contribution is 2.31. The Morgan fingerprint density at radius 1 is 1.00 bits per heavy atom. The number of hydrogen-bond donors (Lipinski definition) is 0. The van der Waals surface area contributed by atoms with E-state index in [1.807, 2.05) is 0 Å². The third kappa shape index (κ3) is 3.10. The molecule has 0 heterocycles. The normalized spacial score (nSPS) is 10.9. The zero-order valence-corrected chi connectivity index (χ0v) is 10.3. The Labute approximate surface area is 113 Å². The first-order valence-electron chi connectivity index (χ1n) is 5.79. The molecule has 0 spiro atoms. The van der Waals surface area contributed by atoms with Crippen LogP contribution in [-0.2, 0) is 12.7 Å². The molecule has 0 aliphatic rings. The van der Waals surface area contributed by atoms with Gasteiger partial charge >= 0.3 is 6.18 Å². The molecule has 2 aromatic carbocycles. The minimum atomic E-state index is -4.34. The second kappa shape index (κ2) is 5.67. The lowest BCUT2D eigenvalue weighted by atomic mass is 9.98. The van der Waals surface area contributed by atoms with Crippen LogP contribution in [0.4, 0.5) is 13.2 Å². The number of nitrogens with zero attached hydrogens (tertiary/aromatic N) is 3. The molecule has 0 amide bonds. The van der Waals surface area contributed by atoms with Crippen LogP contribution in [0.3, 0.4) is 0 Å². The molecule has 102 valence electrons. The van der Waals surface area contributed by atoms with Crippen molar-refractivity contribution in [2.24, 2.45) is 5.11 Å². The minimum absolute atomic E-state index is 0.160. The van der Waals surface area contributed by atoms with Crippen LogP contribution in [0.15, 0.2) is 53.6 Å². The van der Waals surface area contributed by atoms with Crippen molar-refractivity contribution < 1.29 is 13.2 Å². The second-order valence-corrected chi connectivity index (χ2v) is 4.12. The van der Waals surface area contributed by atoms with Gasteiger partial charge in [-0.15, -0.1) is 0 Å². The lowest BCUT2D eigenvalue weighted by Crippen LogP contribution is -2.04. The van der Waals surface area contributed by atoms with Crippen molar-refractivity contribution >= 4 is 0 Å². The van der Waals surface area contributed by atoms with Crippen LogP contribution in [0.5, 0.6) is 0 Å². The van der Waals surface area contributed by atoms with Gasteiger partial charge in [0.2, 0.25) is 0 Å². The summed E-state index contributed by atoms with van der Waals surface area (Å²) in [5.41, 5.74) is 9.84. The Hall–Kier alpha value is -2.46. The molecule has 3 nitrogen and oxygen atoms in total. The van der Waals surface area contributed by atoms with Crippen molar-refractivity contribution in [3.8, 4) is 11.1 Å². The SMILES string of the molecule is [N-]=[N+]=NCc1ccccc1-c1ccc(C(F)(F)F)cc1. The Morgan fingerprint density at radius 2 is 1.65 bits per heavy atom. The summed E-state index contributed by atoms with van der Waals surface area (Å²) in [6.07, 6.45) is -4.34. The summed E-state index contributed by atoms with van der Waals surface area (Å²) in [6, 6.07) is 12.0. The number of halogens is 3. The molecule has 0 N–H and O–H groups in total. The molecule has 0 aliphatic heterocycles. The average molecular weight is 277 g/mol. The Bertz CT molecular complexity index is 641. The van der Waals surface area contributed by atoms with E-state index in [-0.39, 0.29) is 6.54 Å². The third-order valence-electron chi connectivity index (χ3n) is 2.84. The summed E-state index contributed by atoms with van der Waals surface area (Å²) in [4.78, 5) is 2.69. The van der Waals surface area contributed by atoms with E-state index in [9.17, 15) is 13.2 Å². The first-order valence-corrected chi connectivity index (χ1v) is 5.79. The van der Waals surface area contributed by atoms with Crippen molar-refractivity contribution in [3.05, 3.63) is 70.1 Å². The second-order valence-electron chi connectivity index (χ2n) is 4.12. The van der Waals surface area contributed by atoms with Gasteiger partial charge in [-0.2, -0.15) is 13.2 Å². The quantitative estimate of drug-likeness (QED) is 0.421. The summed E-state index contributed by atoms with van der Waals surface area (Å²) in [7, 11) is 0. The van der Waals surface area contributed by atoms with E-state index in [0.717, 1.165) is 23.3 Å². The predicted octanol–water partition coefficient (Wildman–Crippen LogP) is 5.18. The zero-order chi connectivity index (χ0) is 14.6. The highest BCUT2D eigenvalue weighted by atomic mass is 19.4. The Kier molecular flexibility index (Phi) is 3.96. The first-order chi connectivity index (χ1) is 9.52. The highest BCUT2D eigenvalue weighted by Gasteiger charge is 2.29. The van der Waals surface area contributed by atoms with Crippen molar-refractivity contribution in [2.45, 2.75) is 12.7 Å². The van der Waals surface area contributed by atoms with Crippen molar-refractivity contribution in [2.75, 3.05) is 0 Å². The van der Waals surface area contributed by atoms with Gasteiger partial charge in [0, 0.05) is 4.91 Å². The van der Waals surface area contributed by atoms with Gasteiger partial charge < -0.3 is 0 Å². The smallest absolute Gasteiger partial charge is 0.166 e. The molecule has 2 aromatic rings. The third-order valence-corrected chi connectivity index (χ3v) is 2.84. The molecule has 0 unspecified atom stereocenters. The molecule has 2 rings (SSSR count). The van der Waals surface area contributed by atoms with E-state index in [1.165, 1.54) is 12.1 Å². The average Bonchev–Trinajstić information content (AvgIpc) is 2.45. The molecule has 6 heteroatoms. The van der Waals surface area contributed by atoms with Crippen molar-refractivity contribution in [3.63, 3.8) is 0 Å². The summed E-state index contributed by atoms with van der Waals surface area (Å²) < 4.78 is 37.5. The topological polar surface area (TPSA) is 48.8 Å². The van der Waals surface area contributed by atoms with Crippen LogP contribution in [-0.4, -0.2) is 0 Å². The molecule has 0 saturated heterocycles. The van der Waals surface area contributed by atoms with Crippen LogP contribution in [0.25, 0.3) is 21.6 Å². The van der Waals surface area contributed by atoms with Crippen LogP contribution in [0.1, 0.15) is 11.1 Å². The van der Waals surface area contributed by atoms with E-state index in [2.05, 4.69) is 10.0 Å². The fraction of sp³-hybridized carbons (Fsp3) is 0.143. The maximum Gasteiger partial charge on any atom is 0.416 e. The molecule has 0 saturated carbocycles. The van der Waals surface area contributed by atoms with Crippen LogP contribution < -0.4 is 0 Å². The molecule has 0 aromatic heterocycles. The Balaban J connectivity index is 2.39. The summed E-state index contributed by atoms with van der Waals surface area (Å²) in [5.74, 6) is 0. The van der Waals surface area contributed by atoms with Gasteiger partial charge in [0.25, 0.3) is 0 Å². The predicted molar refractivity (Wildman–Crippen MR) is 69.7 cm³/mol. The van der Waals surface area contributed by atoms with Crippen LogP contribution >= 0.6 is 0 Å². The fourth-order valence-corrected chi connectivity index (χ4v) is 1.89. The summed E-state index contributed by atoms with van der Waals surface area (Å²) in [5, 5.41) is 3.49. The molecule has 0 bridgehead atoms. The summed E-state index contributed by atoms with van der Waals surface area (Å²) in [6.45, 7) is 0.160. The number of hydrogen-bond acceptors (Lipinski definition) is 1. The van der Waals surface area contributed by atoms with Crippen LogP contribution in [0.2, 0.25) is 0 Å². The molecule has 0 radical (unpaired) electrons. The van der Waals surface area contributed by atoms with Crippen LogP contribution in [0, 0.1) is 0 Å². The largest absolute Gasteiger partial charge is 0.416 e. The van der Waals surface area contributed by atoms with Crippen molar-refractivity contribution in [1.82, 2.24) is 0 Å². The van der Waals surface area contributed by atoms with E-state index >= 15 is 0 Å². The number of benzene rings is 2. The van der Waals surface area contributed by atoms with Gasteiger partial charge in [0.1, 0.15) is 0 Å². The lowest BCUT2D eigenvalue weighted by molar-refractivity contribution is -0.137. The molecular weight excluding hydrogens is 267 g/mol. The Morgan fingerprint density at radius 3 is 2.25 bits per heavy atom. The van der Waals surface area contributed by atoms with Gasteiger partial charge in [0.15, 0.2) is 0 Å². The first kappa shape index (κ1) is 14.0. The standard InChI is InChI=1S/C14H10F3N3/c15-14(16,17)12-7-5-10(6-8-12)13-4-2-1-3-11(13)9-19-20-18/h1-8H,9H2. The number of rotatable bonds is 3. The fourth-order valence-electron chi connectivity index (χ4n) is 1.89. The molecule has 0 fully saturated rings. The van der Waals surface area contributed by atoms with Gasteiger partial charge in [0.05, 0.1) is 12.1 Å². The van der Waals surface area contributed by atoms with Gasteiger partial charge in [-0.3, -0.25) is 0 Å². The monoisotopic (exact) mass is 277 g/mol. The molecule has 0 aliphatic carbocycles. The highest BCUT2D eigenvalue weighted by molar-refractivity contribution is 5.67. The van der Waals surface area contributed by atoms with E-state index in [1.54, 1.807) is 24.3 Å². The van der Waals surface area contributed by atoms with Gasteiger partial charge in [-0.1, -0.05) is 41.5 Å². The minimum Gasteiger partial charge on any atom is -0.166 e. The molecular formula is C14H10F3N3. The molecule has 20 heavy (non-hydrogen) atoms. The molecule has 0 atom stereocenters. The van der Waals surface area contributed by atoms with Crippen molar-refractivity contribution in [1.29, 1.82) is 0 Å². The number of azide groups is 1. The van der Waals surface area contributed by atoms with Gasteiger partial charge in [-0.25, -0.2) is 0 Å². The summed E-state index contributed by atoms with van der Waals surface area (Å²) >= 11 is 0. The van der Waals surface area contributed by atoms with E-state index < -0.39 is 11.7 Å². The maximum absolute atomic E-state index is 12.5. The zero-order valence-electron chi connectivity index (χ0n) is 10.3. The maximum atomic E-state index is 12.5. The number of alkyl halides is 3. The van der Waals surface area contributed by atoms with E-state index in [0.29, 0.717) is 5.56 Å². The van der Waals surface area contributed by atoms with E-state index in [4.69, 9.17) is 5.53 Å². The van der Waals surface area contributed by atoms with Gasteiger partial charge in [-0.05, 0) is 34.4 Å².